The highest BCUT2D eigenvalue weighted by Gasteiger charge is 2.18. The van der Waals surface area contributed by atoms with Gasteiger partial charge in [0.2, 0.25) is 10.0 Å². The third-order valence-corrected chi connectivity index (χ3v) is 4.53. The highest BCUT2D eigenvalue weighted by Crippen LogP contribution is 2.22. The first-order valence-corrected chi connectivity index (χ1v) is 7.99. The van der Waals surface area contributed by atoms with Crippen molar-refractivity contribution in [2.75, 3.05) is 25.5 Å². The number of sulfonamides is 1. The summed E-state index contributed by atoms with van der Waals surface area (Å²) in [7, 11) is -1.53. The molecule has 0 bridgehead atoms. The van der Waals surface area contributed by atoms with Gasteiger partial charge < -0.3 is 10.2 Å². The van der Waals surface area contributed by atoms with Crippen molar-refractivity contribution >= 4 is 15.7 Å². The number of anilines is 1. The Bertz CT molecular complexity index is 549. The maximum absolute atomic E-state index is 11.4. The van der Waals surface area contributed by atoms with Crippen LogP contribution in [0.15, 0.2) is 23.1 Å². The third-order valence-electron chi connectivity index (χ3n) is 3.62. The first kappa shape index (κ1) is 14.3. The van der Waals surface area contributed by atoms with Crippen molar-refractivity contribution < 1.29 is 8.42 Å². The molecule has 1 fully saturated rings. The third kappa shape index (κ3) is 3.68. The maximum Gasteiger partial charge on any atom is 0.238 e. The Hall–Kier alpha value is -1.11. The van der Waals surface area contributed by atoms with Gasteiger partial charge in [-0.2, -0.15) is 0 Å². The molecule has 0 atom stereocenters. The van der Waals surface area contributed by atoms with E-state index in [-0.39, 0.29) is 4.90 Å². The van der Waals surface area contributed by atoms with E-state index in [0.717, 1.165) is 37.2 Å². The fraction of sp³-hybridized carbons (Fsp3) is 0.538. The molecular weight excluding hydrogens is 262 g/mol. The minimum Gasteiger partial charge on any atom is -0.382 e. The van der Waals surface area contributed by atoms with Crippen LogP contribution < -0.4 is 10.5 Å². The average Bonchev–Trinajstić information content (AvgIpc) is 2.33. The summed E-state index contributed by atoms with van der Waals surface area (Å²) in [5.74, 6) is 0. The van der Waals surface area contributed by atoms with E-state index < -0.39 is 10.0 Å². The molecule has 0 spiro atoms. The Morgan fingerprint density at radius 1 is 1.32 bits per heavy atom. The summed E-state index contributed by atoms with van der Waals surface area (Å²) < 4.78 is 22.7. The van der Waals surface area contributed by atoms with Crippen LogP contribution in [-0.2, 0) is 10.0 Å². The molecule has 1 aromatic carbocycles. The topological polar surface area (TPSA) is 75.4 Å². The van der Waals surface area contributed by atoms with Crippen LogP contribution in [0.1, 0.15) is 18.4 Å². The van der Waals surface area contributed by atoms with Crippen molar-refractivity contribution in [2.45, 2.75) is 30.7 Å². The number of benzene rings is 1. The van der Waals surface area contributed by atoms with Crippen LogP contribution in [0.3, 0.4) is 0 Å². The van der Waals surface area contributed by atoms with Crippen LogP contribution in [-0.4, -0.2) is 39.5 Å². The molecular formula is C13H21N3O2S. The molecule has 1 heterocycles. The molecule has 6 heteroatoms. The Kier molecular flexibility index (Phi) is 4.13. The van der Waals surface area contributed by atoms with Gasteiger partial charge in [0, 0.05) is 11.7 Å². The van der Waals surface area contributed by atoms with E-state index in [9.17, 15) is 8.42 Å². The summed E-state index contributed by atoms with van der Waals surface area (Å²) in [6, 6.07) is 5.36. The highest BCUT2D eigenvalue weighted by molar-refractivity contribution is 7.89. The van der Waals surface area contributed by atoms with E-state index in [1.165, 1.54) is 0 Å². The zero-order valence-corrected chi connectivity index (χ0v) is 12.2. The summed E-state index contributed by atoms with van der Waals surface area (Å²) in [6.07, 6.45) is 2.13. The number of aryl methyl sites for hydroxylation is 1. The second kappa shape index (κ2) is 5.48. The van der Waals surface area contributed by atoms with Gasteiger partial charge in [-0.1, -0.05) is 6.07 Å². The minimum atomic E-state index is -3.64. The monoisotopic (exact) mass is 283 g/mol. The van der Waals surface area contributed by atoms with Gasteiger partial charge in [-0.05, 0) is 57.6 Å². The maximum atomic E-state index is 11.4. The molecule has 2 rings (SSSR count). The number of hydrogen-bond acceptors (Lipinski definition) is 4. The second-order valence-corrected chi connectivity index (χ2v) is 6.81. The van der Waals surface area contributed by atoms with Crippen LogP contribution in [0, 0.1) is 6.92 Å². The number of nitrogens with zero attached hydrogens (tertiary/aromatic N) is 1. The van der Waals surface area contributed by atoms with E-state index >= 15 is 0 Å². The largest absolute Gasteiger partial charge is 0.382 e. The molecule has 106 valence electrons. The lowest BCUT2D eigenvalue weighted by Crippen LogP contribution is -2.36. The van der Waals surface area contributed by atoms with Crippen LogP contribution in [0.5, 0.6) is 0 Å². The van der Waals surface area contributed by atoms with E-state index in [2.05, 4.69) is 17.3 Å². The smallest absolute Gasteiger partial charge is 0.238 e. The summed E-state index contributed by atoms with van der Waals surface area (Å²) in [6.45, 7) is 4.08. The van der Waals surface area contributed by atoms with Gasteiger partial charge in [0.1, 0.15) is 0 Å². The number of nitrogens with one attached hydrogen (secondary N) is 1. The molecule has 3 N–H and O–H groups in total. The standard InChI is InChI=1S/C13H21N3O2S/c1-10-3-4-12(19(14,17)18)9-13(10)15-11-5-7-16(2)8-6-11/h3-4,9,11,15H,5-8H2,1-2H3,(H2,14,17,18). The van der Waals surface area contributed by atoms with Crippen LogP contribution >= 0.6 is 0 Å². The predicted molar refractivity (Wildman–Crippen MR) is 76.7 cm³/mol. The molecule has 1 aliphatic heterocycles. The van der Waals surface area contributed by atoms with Gasteiger partial charge >= 0.3 is 0 Å². The van der Waals surface area contributed by atoms with Crippen molar-refractivity contribution in [1.29, 1.82) is 0 Å². The molecule has 0 radical (unpaired) electrons. The molecule has 0 amide bonds. The van der Waals surface area contributed by atoms with Gasteiger partial charge in [-0.15, -0.1) is 0 Å². The lowest BCUT2D eigenvalue weighted by Gasteiger charge is -2.30. The molecule has 0 aromatic heterocycles. The molecule has 1 aliphatic rings. The van der Waals surface area contributed by atoms with Gasteiger partial charge in [0.05, 0.1) is 4.90 Å². The van der Waals surface area contributed by atoms with Gasteiger partial charge in [-0.3, -0.25) is 0 Å². The summed E-state index contributed by atoms with van der Waals surface area (Å²) in [5.41, 5.74) is 1.90. The van der Waals surface area contributed by atoms with E-state index in [1.54, 1.807) is 18.2 Å². The Labute approximate surface area is 114 Å². The number of primary sulfonamides is 1. The van der Waals surface area contributed by atoms with E-state index in [0.29, 0.717) is 6.04 Å². The fourth-order valence-corrected chi connectivity index (χ4v) is 2.85. The molecule has 0 unspecified atom stereocenters. The van der Waals surface area contributed by atoms with Crippen molar-refractivity contribution in [3.05, 3.63) is 23.8 Å². The van der Waals surface area contributed by atoms with Gasteiger partial charge in [-0.25, -0.2) is 13.6 Å². The fourth-order valence-electron chi connectivity index (χ4n) is 2.31. The lowest BCUT2D eigenvalue weighted by molar-refractivity contribution is 0.264. The zero-order chi connectivity index (χ0) is 14.0. The number of piperidine rings is 1. The van der Waals surface area contributed by atoms with Crippen LogP contribution in [0.4, 0.5) is 5.69 Å². The average molecular weight is 283 g/mol. The molecule has 0 aliphatic carbocycles. The van der Waals surface area contributed by atoms with Gasteiger partial charge in [0.15, 0.2) is 0 Å². The Morgan fingerprint density at radius 3 is 2.53 bits per heavy atom. The van der Waals surface area contributed by atoms with Crippen molar-refractivity contribution in [1.82, 2.24) is 4.90 Å². The summed E-state index contributed by atoms with van der Waals surface area (Å²) >= 11 is 0. The lowest BCUT2D eigenvalue weighted by atomic mass is 10.0. The normalized spacial score (nSPS) is 18.5. The summed E-state index contributed by atoms with van der Waals surface area (Å²) in [5, 5.41) is 8.60. The van der Waals surface area contributed by atoms with E-state index in [1.807, 2.05) is 6.92 Å². The Balaban J connectivity index is 2.16. The van der Waals surface area contributed by atoms with Crippen molar-refractivity contribution in [3.8, 4) is 0 Å². The zero-order valence-electron chi connectivity index (χ0n) is 11.4. The Morgan fingerprint density at radius 2 is 1.95 bits per heavy atom. The molecule has 0 saturated carbocycles. The quantitative estimate of drug-likeness (QED) is 0.872. The summed E-state index contributed by atoms with van der Waals surface area (Å²) in [4.78, 5) is 2.46. The number of rotatable bonds is 3. The SMILES string of the molecule is Cc1ccc(S(N)(=O)=O)cc1NC1CCN(C)CC1. The molecule has 1 aromatic rings. The number of likely N-dealkylation sites (tertiary alicyclic amines) is 1. The molecule has 19 heavy (non-hydrogen) atoms. The second-order valence-electron chi connectivity index (χ2n) is 5.24. The first-order chi connectivity index (χ1) is 8.86. The molecule has 1 saturated heterocycles. The van der Waals surface area contributed by atoms with Crippen molar-refractivity contribution in [2.24, 2.45) is 5.14 Å². The van der Waals surface area contributed by atoms with Crippen LogP contribution in [0.25, 0.3) is 0 Å². The highest BCUT2D eigenvalue weighted by atomic mass is 32.2. The first-order valence-electron chi connectivity index (χ1n) is 6.45. The minimum absolute atomic E-state index is 0.161. The molecule has 5 nitrogen and oxygen atoms in total. The number of hydrogen-bond donors (Lipinski definition) is 2. The van der Waals surface area contributed by atoms with E-state index in [4.69, 9.17) is 5.14 Å². The van der Waals surface area contributed by atoms with Crippen LogP contribution in [0.2, 0.25) is 0 Å². The predicted octanol–water partition coefficient (Wildman–Crippen LogP) is 1.15. The van der Waals surface area contributed by atoms with Crippen molar-refractivity contribution in [3.63, 3.8) is 0 Å². The van der Waals surface area contributed by atoms with Gasteiger partial charge in [0.25, 0.3) is 0 Å². The number of nitrogens with two attached hydrogens (primary N) is 1.